The molecule has 1 atom stereocenters. The van der Waals surface area contributed by atoms with Crippen LogP contribution in [0.25, 0.3) is 0 Å². The van der Waals surface area contributed by atoms with E-state index < -0.39 is 0 Å². The Morgan fingerprint density at radius 3 is 2.65 bits per heavy atom. The van der Waals surface area contributed by atoms with Gasteiger partial charge in [0, 0.05) is 13.2 Å². The van der Waals surface area contributed by atoms with Gasteiger partial charge in [0.05, 0.1) is 6.26 Å². The van der Waals surface area contributed by atoms with Gasteiger partial charge in [0.1, 0.15) is 11.8 Å². The maximum absolute atomic E-state index is 11.9. The van der Waals surface area contributed by atoms with Gasteiger partial charge in [0.2, 0.25) is 0 Å². The van der Waals surface area contributed by atoms with Crippen LogP contribution >= 0.6 is 0 Å². The molecule has 0 aliphatic carbocycles. The number of hydrogen-bond acceptors (Lipinski definition) is 3. The minimum Gasteiger partial charge on any atom is -0.467 e. The molecule has 0 aliphatic rings. The van der Waals surface area contributed by atoms with E-state index in [0.717, 1.165) is 5.56 Å². The predicted octanol–water partition coefficient (Wildman–Crippen LogP) is 2.05. The first-order valence-corrected chi connectivity index (χ1v) is 6.55. The number of benzene rings is 1. The van der Waals surface area contributed by atoms with Crippen molar-refractivity contribution in [2.24, 2.45) is 0 Å². The number of rotatable bonds is 6. The first kappa shape index (κ1) is 14.1. The van der Waals surface area contributed by atoms with Crippen LogP contribution in [-0.2, 0) is 0 Å². The summed E-state index contributed by atoms with van der Waals surface area (Å²) in [6, 6.07) is 12.6. The average molecular weight is 274 g/mol. The van der Waals surface area contributed by atoms with Crippen LogP contribution < -0.4 is 10.6 Å². The van der Waals surface area contributed by atoms with Gasteiger partial charge in [0.25, 0.3) is 0 Å². The van der Waals surface area contributed by atoms with Crippen molar-refractivity contribution in [3.63, 3.8) is 0 Å². The smallest absolute Gasteiger partial charge is 0.315 e. The molecule has 1 aromatic heterocycles. The number of aliphatic hydroxyl groups excluding tert-OH is 1. The highest BCUT2D eigenvalue weighted by molar-refractivity contribution is 5.74. The Balaban J connectivity index is 2.06. The number of urea groups is 1. The van der Waals surface area contributed by atoms with Gasteiger partial charge in [-0.1, -0.05) is 30.3 Å². The topological polar surface area (TPSA) is 74.5 Å². The summed E-state index contributed by atoms with van der Waals surface area (Å²) in [5, 5.41) is 14.3. The molecule has 2 amide bonds. The second-order valence-corrected chi connectivity index (χ2v) is 4.34. The molecule has 1 heterocycles. The Labute approximate surface area is 117 Å². The van der Waals surface area contributed by atoms with Gasteiger partial charge in [-0.05, 0) is 24.1 Å². The van der Waals surface area contributed by atoms with E-state index in [0.29, 0.717) is 18.7 Å². The van der Waals surface area contributed by atoms with Crippen molar-refractivity contribution in [3.05, 3.63) is 60.1 Å². The molecule has 5 heteroatoms. The normalized spacial score (nSPS) is 11.8. The number of furan rings is 1. The molecule has 0 radical (unpaired) electrons. The summed E-state index contributed by atoms with van der Waals surface area (Å²) >= 11 is 0. The molecule has 3 N–H and O–H groups in total. The third-order valence-electron chi connectivity index (χ3n) is 2.86. The summed E-state index contributed by atoms with van der Waals surface area (Å²) in [5.74, 6) is 0.675. The lowest BCUT2D eigenvalue weighted by Crippen LogP contribution is -2.38. The highest BCUT2D eigenvalue weighted by atomic mass is 16.3. The maximum atomic E-state index is 11.9. The van der Waals surface area contributed by atoms with Crippen LogP contribution in [-0.4, -0.2) is 24.3 Å². The van der Waals surface area contributed by atoms with Crippen molar-refractivity contribution in [2.45, 2.75) is 12.5 Å². The summed E-state index contributed by atoms with van der Waals surface area (Å²) in [4.78, 5) is 11.9. The zero-order valence-corrected chi connectivity index (χ0v) is 11.1. The number of amides is 2. The molecule has 106 valence electrons. The molecule has 0 bridgehead atoms. The standard InChI is InChI=1S/C15H18N2O3/c18-10-5-9-16-15(19)17-14(13-8-4-11-20-13)12-6-2-1-3-7-12/h1-4,6-8,11,14,18H,5,9-10H2,(H2,16,17,19). The molecule has 0 saturated heterocycles. The molecule has 0 saturated carbocycles. The highest BCUT2D eigenvalue weighted by Gasteiger charge is 2.18. The van der Waals surface area contributed by atoms with E-state index in [1.54, 1.807) is 12.3 Å². The lowest BCUT2D eigenvalue weighted by atomic mass is 10.1. The average Bonchev–Trinajstić information content (AvgIpc) is 3.00. The van der Waals surface area contributed by atoms with E-state index in [4.69, 9.17) is 9.52 Å². The zero-order chi connectivity index (χ0) is 14.2. The molecule has 5 nitrogen and oxygen atoms in total. The van der Waals surface area contributed by atoms with E-state index in [9.17, 15) is 4.79 Å². The molecular formula is C15H18N2O3. The molecule has 2 aromatic rings. The minimum atomic E-state index is -0.333. The van der Waals surface area contributed by atoms with E-state index in [1.807, 2.05) is 36.4 Å². The summed E-state index contributed by atoms with van der Waals surface area (Å²) in [7, 11) is 0. The number of nitrogens with one attached hydrogen (secondary N) is 2. The fraction of sp³-hybridized carbons (Fsp3) is 0.267. The molecule has 2 rings (SSSR count). The summed E-state index contributed by atoms with van der Waals surface area (Å²) in [6.07, 6.45) is 2.11. The monoisotopic (exact) mass is 274 g/mol. The molecule has 20 heavy (non-hydrogen) atoms. The van der Waals surface area contributed by atoms with Crippen LogP contribution in [0.15, 0.2) is 53.1 Å². The van der Waals surface area contributed by atoms with E-state index in [2.05, 4.69) is 10.6 Å². The van der Waals surface area contributed by atoms with Crippen LogP contribution in [0.4, 0.5) is 4.79 Å². The quantitative estimate of drug-likeness (QED) is 0.706. The molecule has 0 fully saturated rings. The Hall–Kier alpha value is -2.27. The largest absolute Gasteiger partial charge is 0.467 e. The number of aliphatic hydroxyl groups is 1. The van der Waals surface area contributed by atoms with Crippen molar-refractivity contribution in [3.8, 4) is 0 Å². The van der Waals surface area contributed by atoms with Crippen molar-refractivity contribution in [1.29, 1.82) is 0 Å². The van der Waals surface area contributed by atoms with Crippen molar-refractivity contribution >= 4 is 6.03 Å². The Bertz CT molecular complexity index is 511. The molecule has 1 unspecified atom stereocenters. The zero-order valence-electron chi connectivity index (χ0n) is 11.1. The second kappa shape index (κ2) is 7.35. The Morgan fingerprint density at radius 2 is 2.00 bits per heavy atom. The first-order valence-electron chi connectivity index (χ1n) is 6.55. The minimum absolute atomic E-state index is 0.0561. The first-order chi connectivity index (χ1) is 9.81. The lowest BCUT2D eigenvalue weighted by molar-refractivity contribution is 0.234. The van der Waals surface area contributed by atoms with Gasteiger partial charge in [0.15, 0.2) is 0 Å². The van der Waals surface area contributed by atoms with Crippen molar-refractivity contribution < 1.29 is 14.3 Å². The number of carbonyl (C=O) groups is 1. The SMILES string of the molecule is O=C(NCCCO)NC(c1ccccc1)c1ccco1. The van der Waals surface area contributed by atoms with E-state index >= 15 is 0 Å². The fourth-order valence-corrected chi connectivity index (χ4v) is 1.88. The predicted molar refractivity (Wildman–Crippen MR) is 75.2 cm³/mol. The Kier molecular flexibility index (Phi) is 5.20. The molecule has 0 aliphatic heterocycles. The Morgan fingerprint density at radius 1 is 1.20 bits per heavy atom. The van der Waals surface area contributed by atoms with E-state index in [-0.39, 0.29) is 18.7 Å². The van der Waals surface area contributed by atoms with Crippen LogP contribution in [0.3, 0.4) is 0 Å². The van der Waals surface area contributed by atoms with Gasteiger partial charge in [-0.25, -0.2) is 4.79 Å². The number of hydrogen-bond donors (Lipinski definition) is 3. The van der Waals surface area contributed by atoms with Gasteiger partial charge in [-0.15, -0.1) is 0 Å². The summed E-state index contributed by atoms with van der Waals surface area (Å²) in [5.41, 5.74) is 0.944. The van der Waals surface area contributed by atoms with Gasteiger partial charge < -0.3 is 20.2 Å². The van der Waals surface area contributed by atoms with Crippen LogP contribution in [0.1, 0.15) is 23.8 Å². The molecule has 1 aromatic carbocycles. The number of carbonyl (C=O) groups excluding carboxylic acids is 1. The second-order valence-electron chi connectivity index (χ2n) is 4.34. The van der Waals surface area contributed by atoms with Crippen LogP contribution in [0.5, 0.6) is 0 Å². The van der Waals surface area contributed by atoms with Crippen LogP contribution in [0, 0.1) is 0 Å². The fourth-order valence-electron chi connectivity index (χ4n) is 1.88. The lowest BCUT2D eigenvalue weighted by Gasteiger charge is -2.17. The summed E-state index contributed by atoms with van der Waals surface area (Å²) < 4.78 is 5.39. The molecule has 0 spiro atoms. The summed E-state index contributed by atoms with van der Waals surface area (Å²) in [6.45, 7) is 0.489. The van der Waals surface area contributed by atoms with Gasteiger partial charge in [-0.2, -0.15) is 0 Å². The van der Waals surface area contributed by atoms with Crippen molar-refractivity contribution in [1.82, 2.24) is 10.6 Å². The van der Waals surface area contributed by atoms with Crippen molar-refractivity contribution in [2.75, 3.05) is 13.2 Å². The maximum Gasteiger partial charge on any atom is 0.315 e. The van der Waals surface area contributed by atoms with E-state index in [1.165, 1.54) is 0 Å². The van der Waals surface area contributed by atoms with Gasteiger partial charge >= 0.3 is 6.03 Å². The molecular weight excluding hydrogens is 256 g/mol. The third kappa shape index (κ3) is 3.86. The third-order valence-corrected chi connectivity index (χ3v) is 2.86. The van der Waals surface area contributed by atoms with Crippen LogP contribution in [0.2, 0.25) is 0 Å². The highest BCUT2D eigenvalue weighted by Crippen LogP contribution is 2.22. The van der Waals surface area contributed by atoms with Gasteiger partial charge in [-0.3, -0.25) is 0 Å².